The Hall–Kier alpha value is -1.36. The maximum atomic E-state index is 7.14. The Balaban J connectivity index is 2.85. The molecule has 0 saturated carbocycles. The third-order valence-corrected chi connectivity index (χ3v) is 2.64. The molecule has 1 rings (SSSR count). The van der Waals surface area contributed by atoms with Crippen molar-refractivity contribution < 1.29 is 9.47 Å². The summed E-state index contributed by atoms with van der Waals surface area (Å²) in [7, 11) is 3.23. The van der Waals surface area contributed by atoms with Gasteiger partial charge in [0.25, 0.3) is 0 Å². The Morgan fingerprint density at radius 2 is 2.13 bits per heavy atom. The highest BCUT2D eigenvalue weighted by molar-refractivity contribution is 8.13. The number of amidine groups is 1. The van der Waals surface area contributed by atoms with E-state index in [2.05, 4.69) is 0 Å². The molecule has 0 spiro atoms. The second kappa shape index (κ2) is 5.50. The molecule has 0 fully saturated rings. The maximum Gasteiger partial charge on any atom is 0.151 e. The van der Waals surface area contributed by atoms with Gasteiger partial charge in [0.1, 0.15) is 11.5 Å². The van der Waals surface area contributed by atoms with Gasteiger partial charge < -0.3 is 15.2 Å². The van der Waals surface area contributed by atoms with Crippen molar-refractivity contribution in [2.75, 3.05) is 14.2 Å². The number of nitrogens with one attached hydrogen (secondary N) is 1. The highest BCUT2D eigenvalue weighted by atomic mass is 32.2. The van der Waals surface area contributed by atoms with E-state index < -0.39 is 0 Å². The molecule has 0 heterocycles. The fourth-order valence-electron chi connectivity index (χ4n) is 1.15. The molecule has 0 aliphatic rings. The molecule has 82 valence electrons. The highest BCUT2D eigenvalue weighted by Crippen LogP contribution is 2.27. The molecule has 0 aliphatic carbocycles. The molecule has 0 unspecified atom stereocenters. The quantitative estimate of drug-likeness (QED) is 0.607. The Kier molecular flexibility index (Phi) is 4.30. The van der Waals surface area contributed by atoms with Crippen molar-refractivity contribution in [3.63, 3.8) is 0 Å². The van der Waals surface area contributed by atoms with Crippen LogP contribution >= 0.6 is 11.8 Å². The van der Waals surface area contributed by atoms with Crippen LogP contribution in [-0.2, 0) is 5.75 Å². The molecule has 0 aromatic heterocycles. The minimum Gasteiger partial charge on any atom is -0.497 e. The van der Waals surface area contributed by atoms with Crippen LogP contribution in [-0.4, -0.2) is 19.4 Å². The van der Waals surface area contributed by atoms with Crippen LogP contribution in [0.2, 0.25) is 0 Å². The van der Waals surface area contributed by atoms with E-state index >= 15 is 0 Å². The number of nitrogens with two attached hydrogens (primary N) is 1. The van der Waals surface area contributed by atoms with Crippen molar-refractivity contribution in [2.24, 2.45) is 5.73 Å². The van der Waals surface area contributed by atoms with E-state index in [0.717, 1.165) is 17.1 Å². The molecule has 1 aromatic rings. The van der Waals surface area contributed by atoms with Crippen LogP contribution in [0.15, 0.2) is 18.2 Å². The van der Waals surface area contributed by atoms with E-state index in [1.807, 2.05) is 18.2 Å². The van der Waals surface area contributed by atoms with Gasteiger partial charge >= 0.3 is 0 Å². The molecule has 0 saturated heterocycles. The smallest absolute Gasteiger partial charge is 0.151 e. The zero-order valence-electron chi connectivity index (χ0n) is 8.74. The van der Waals surface area contributed by atoms with Crippen LogP contribution in [0, 0.1) is 5.41 Å². The van der Waals surface area contributed by atoms with Crippen molar-refractivity contribution in [3.8, 4) is 11.5 Å². The Labute approximate surface area is 93.3 Å². The molecule has 15 heavy (non-hydrogen) atoms. The predicted molar refractivity (Wildman–Crippen MR) is 62.8 cm³/mol. The van der Waals surface area contributed by atoms with Crippen molar-refractivity contribution in [1.29, 1.82) is 5.41 Å². The Morgan fingerprint density at radius 1 is 1.40 bits per heavy atom. The number of ether oxygens (including phenoxy) is 2. The van der Waals surface area contributed by atoms with E-state index in [4.69, 9.17) is 20.6 Å². The van der Waals surface area contributed by atoms with Crippen molar-refractivity contribution >= 4 is 16.9 Å². The molecular weight excluding hydrogens is 212 g/mol. The average Bonchev–Trinajstić information content (AvgIpc) is 2.25. The lowest BCUT2D eigenvalue weighted by Gasteiger charge is -2.09. The van der Waals surface area contributed by atoms with Gasteiger partial charge in [0.2, 0.25) is 0 Å². The lowest BCUT2D eigenvalue weighted by atomic mass is 10.2. The molecule has 0 aliphatic heterocycles. The zero-order chi connectivity index (χ0) is 11.3. The fourth-order valence-corrected chi connectivity index (χ4v) is 1.69. The number of hydrogen-bond donors (Lipinski definition) is 2. The van der Waals surface area contributed by atoms with E-state index in [-0.39, 0.29) is 5.17 Å². The first kappa shape index (κ1) is 11.7. The first-order valence-corrected chi connectivity index (χ1v) is 5.33. The van der Waals surface area contributed by atoms with Crippen LogP contribution < -0.4 is 15.2 Å². The van der Waals surface area contributed by atoms with Gasteiger partial charge in [0.05, 0.1) is 14.2 Å². The Bertz CT molecular complexity index is 355. The van der Waals surface area contributed by atoms with Gasteiger partial charge in [-0.1, -0.05) is 11.8 Å². The van der Waals surface area contributed by atoms with Gasteiger partial charge in [-0.05, 0) is 18.2 Å². The van der Waals surface area contributed by atoms with Gasteiger partial charge in [-0.25, -0.2) is 0 Å². The van der Waals surface area contributed by atoms with Gasteiger partial charge in [0, 0.05) is 11.3 Å². The summed E-state index contributed by atoms with van der Waals surface area (Å²) in [6, 6.07) is 5.56. The highest BCUT2D eigenvalue weighted by Gasteiger charge is 2.05. The maximum absolute atomic E-state index is 7.14. The molecule has 0 amide bonds. The third kappa shape index (κ3) is 3.36. The summed E-state index contributed by atoms with van der Waals surface area (Å²) in [6.45, 7) is 0. The first-order chi connectivity index (χ1) is 7.17. The third-order valence-electron chi connectivity index (χ3n) is 1.87. The zero-order valence-corrected chi connectivity index (χ0v) is 9.56. The second-order valence-electron chi connectivity index (χ2n) is 2.83. The van der Waals surface area contributed by atoms with Crippen LogP contribution in [0.4, 0.5) is 0 Å². The van der Waals surface area contributed by atoms with E-state index in [9.17, 15) is 0 Å². The number of rotatable bonds is 4. The molecule has 0 radical (unpaired) electrons. The SMILES string of the molecule is COc1ccc(OC)c(CSC(=N)N)c1. The monoisotopic (exact) mass is 226 g/mol. The fraction of sp³-hybridized carbons (Fsp3) is 0.300. The minimum atomic E-state index is 0.0971. The Morgan fingerprint density at radius 3 is 2.67 bits per heavy atom. The lowest BCUT2D eigenvalue weighted by Crippen LogP contribution is -2.04. The summed E-state index contributed by atoms with van der Waals surface area (Å²) in [5.74, 6) is 2.16. The summed E-state index contributed by atoms with van der Waals surface area (Å²) in [5, 5.41) is 7.24. The summed E-state index contributed by atoms with van der Waals surface area (Å²) in [6.07, 6.45) is 0. The number of methoxy groups -OCH3 is 2. The van der Waals surface area contributed by atoms with E-state index in [0.29, 0.717) is 5.75 Å². The van der Waals surface area contributed by atoms with Crippen molar-refractivity contribution in [1.82, 2.24) is 0 Å². The van der Waals surface area contributed by atoms with Gasteiger partial charge in [-0.15, -0.1) is 0 Å². The van der Waals surface area contributed by atoms with Crippen LogP contribution in [0.1, 0.15) is 5.56 Å². The summed E-state index contributed by atoms with van der Waals surface area (Å²) in [5.41, 5.74) is 6.25. The van der Waals surface area contributed by atoms with Crippen LogP contribution in [0.5, 0.6) is 11.5 Å². The minimum absolute atomic E-state index is 0.0971. The molecule has 0 atom stereocenters. The predicted octanol–water partition coefficient (Wildman–Crippen LogP) is 1.83. The normalized spacial score (nSPS) is 9.73. The molecule has 3 N–H and O–H groups in total. The second-order valence-corrected chi connectivity index (χ2v) is 3.85. The van der Waals surface area contributed by atoms with E-state index in [1.54, 1.807) is 14.2 Å². The van der Waals surface area contributed by atoms with Gasteiger partial charge in [-0.3, -0.25) is 5.41 Å². The topological polar surface area (TPSA) is 68.3 Å². The van der Waals surface area contributed by atoms with Gasteiger partial charge in [-0.2, -0.15) is 0 Å². The largest absolute Gasteiger partial charge is 0.497 e. The molecular formula is C10H14N2O2S. The van der Waals surface area contributed by atoms with Gasteiger partial charge in [0.15, 0.2) is 5.17 Å². The number of thioether (sulfide) groups is 1. The van der Waals surface area contributed by atoms with Crippen LogP contribution in [0.3, 0.4) is 0 Å². The number of hydrogen-bond acceptors (Lipinski definition) is 4. The molecule has 5 heteroatoms. The number of benzene rings is 1. The van der Waals surface area contributed by atoms with E-state index in [1.165, 1.54) is 11.8 Å². The summed E-state index contributed by atoms with van der Waals surface area (Å²) in [4.78, 5) is 0. The average molecular weight is 226 g/mol. The molecule has 1 aromatic carbocycles. The first-order valence-electron chi connectivity index (χ1n) is 4.35. The summed E-state index contributed by atoms with van der Waals surface area (Å²) < 4.78 is 10.3. The lowest BCUT2D eigenvalue weighted by molar-refractivity contribution is 0.400. The summed E-state index contributed by atoms with van der Waals surface area (Å²) >= 11 is 1.26. The molecule has 0 bridgehead atoms. The van der Waals surface area contributed by atoms with Crippen molar-refractivity contribution in [2.45, 2.75) is 5.75 Å². The standard InChI is InChI=1S/C10H14N2O2S/c1-13-8-3-4-9(14-2)7(5-8)6-15-10(11)12/h3-5H,6H2,1-2H3,(H3,11,12). The van der Waals surface area contributed by atoms with Crippen LogP contribution in [0.25, 0.3) is 0 Å². The molecule has 4 nitrogen and oxygen atoms in total. The van der Waals surface area contributed by atoms with Crippen molar-refractivity contribution in [3.05, 3.63) is 23.8 Å².